The van der Waals surface area contributed by atoms with Crippen LogP contribution in [0.4, 0.5) is 0 Å². The zero-order valence-corrected chi connectivity index (χ0v) is 12.7. The van der Waals surface area contributed by atoms with E-state index in [-0.39, 0.29) is 5.75 Å². The summed E-state index contributed by atoms with van der Waals surface area (Å²) in [5.74, 6) is 1.55. The SMILES string of the molecule is COc1ccc(CN[C@H](C)C2CCCCCC2)cc1O. The Kier molecular flexibility index (Phi) is 5.72. The fraction of sp³-hybridized carbons (Fsp3) is 0.647. The van der Waals surface area contributed by atoms with Gasteiger partial charge in [-0.05, 0) is 43.4 Å². The molecule has 2 rings (SSSR count). The van der Waals surface area contributed by atoms with Gasteiger partial charge in [-0.3, -0.25) is 0 Å². The molecule has 0 aliphatic heterocycles. The van der Waals surface area contributed by atoms with E-state index in [9.17, 15) is 5.11 Å². The van der Waals surface area contributed by atoms with Crippen molar-refractivity contribution in [3.8, 4) is 11.5 Å². The fourth-order valence-electron chi connectivity index (χ4n) is 3.10. The second kappa shape index (κ2) is 7.53. The van der Waals surface area contributed by atoms with Crippen molar-refractivity contribution in [3.63, 3.8) is 0 Å². The highest BCUT2D eigenvalue weighted by Crippen LogP contribution is 2.27. The van der Waals surface area contributed by atoms with Gasteiger partial charge in [0.05, 0.1) is 7.11 Å². The summed E-state index contributed by atoms with van der Waals surface area (Å²) >= 11 is 0. The molecular formula is C17H27NO2. The molecule has 0 spiro atoms. The van der Waals surface area contributed by atoms with Crippen LogP contribution in [0.15, 0.2) is 18.2 Å². The number of phenolic OH excluding ortho intramolecular Hbond substituents is 1. The first kappa shape index (κ1) is 15.2. The Morgan fingerprint density at radius 3 is 2.55 bits per heavy atom. The summed E-state index contributed by atoms with van der Waals surface area (Å²) in [5.41, 5.74) is 1.10. The van der Waals surface area contributed by atoms with E-state index >= 15 is 0 Å². The summed E-state index contributed by atoms with van der Waals surface area (Å²) in [4.78, 5) is 0. The number of nitrogens with one attached hydrogen (secondary N) is 1. The van der Waals surface area contributed by atoms with Crippen LogP contribution in [0.1, 0.15) is 51.0 Å². The monoisotopic (exact) mass is 277 g/mol. The highest BCUT2D eigenvalue weighted by molar-refractivity contribution is 5.41. The molecule has 0 unspecified atom stereocenters. The Balaban J connectivity index is 1.85. The molecule has 0 bridgehead atoms. The number of ether oxygens (including phenoxy) is 1. The van der Waals surface area contributed by atoms with Gasteiger partial charge in [-0.15, -0.1) is 0 Å². The van der Waals surface area contributed by atoms with Crippen molar-refractivity contribution in [2.45, 2.75) is 58.0 Å². The number of hydrogen-bond acceptors (Lipinski definition) is 3. The molecule has 0 saturated heterocycles. The Morgan fingerprint density at radius 2 is 1.95 bits per heavy atom. The van der Waals surface area contributed by atoms with Gasteiger partial charge in [0.15, 0.2) is 11.5 Å². The molecular weight excluding hydrogens is 250 g/mol. The van der Waals surface area contributed by atoms with Crippen LogP contribution in [0.3, 0.4) is 0 Å². The Labute approximate surface area is 122 Å². The van der Waals surface area contributed by atoms with Crippen LogP contribution in [0.2, 0.25) is 0 Å². The second-order valence-corrected chi connectivity index (χ2v) is 5.93. The van der Waals surface area contributed by atoms with Gasteiger partial charge in [0.25, 0.3) is 0 Å². The van der Waals surface area contributed by atoms with Gasteiger partial charge in [-0.2, -0.15) is 0 Å². The molecule has 0 radical (unpaired) electrons. The van der Waals surface area contributed by atoms with Crippen LogP contribution in [0, 0.1) is 5.92 Å². The summed E-state index contributed by atoms with van der Waals surface area (Å²) < 4.78 is 5.06. The van der Waals surface area contributed by atoms with Crippen LogP contribution >= 0.6 is 0 Å². The topological polar surface area (TPSA) is 41.5 Å². The molecule has 3 heteroatoms. The highest BCUT2D eigenvalue weighted by Gasteiger charge is 2.18. The maximum atomic E-state index is 9.79. The van der Waals surface area contributed by atoms with E-state index in [1.165, 1.54) is 38.5 Å². The second-order valence-electron chi connectivity index (χ2n) is 5.93. The van der Waals surface area contributed by atoms with Crippen molar-refractivity contribution in [3.05, 3.63) is 23.8 Å². The number of rotatable bonds is 5. The largest absolute Gasteiger partial charge is 0.504 e. The van der Waals surface area contributed by atoms with Gasteiger partial charge >= 0.3 is 0 Å². The minimum atomic E-state index is 0.217. The Bertz CT molecular complexity index is 411. The third kappa shape index (κ3) is 4.14. The van der Waals surface area contributed by atoms with Gasteiger partial charge in [-0.1, -0.05) is 31.7 Å². The maximum absolute atomic E-state index is 9.79. The van der Waals surface area contributed by atoms with E-state index in [4.69, 9.17) is 4.74 Å². The van der Waals surface area contributed by atoms with Crippen molar-refractivity contribution in [2.75, 3.05) is 7.11 Å². The molecule has 1 aromatic rings. The van der Waals surface area contributed by atoms with Gasteiger partial charge in [0.2, 0.25) is 0 Å². The molecule has 0 heterocycles. The molecule has 1 aliphatic carbocycles. The van der Waals surface area contributed by atoms with E-state index in [2.05, 4.69) is 12.2 Å². The lowest BCUT2D eigenvalue weighted by Crippen LogP contribution is -2.32. The standard InChI is InChI=1S/C17H27NO2/c1-13(15-7-5-3-4-6-8-15)18-12-14-9-10-17(20-2)16(19)11-14/h9-11,13,15,18-19H,3-8,12H2,1-2H3/t13-/m1/s1. The molecule has 0 aromatic heterocycles. The zero-order chi connectivity index (χ0) is 14.4. The normalized spacial score (nSPS) is 18.5. The molecule has 0 amide bonds. The number of benzene rings is 1. The van der Waals surface area contributed by atoms with Crippen LogP contribution in [0.25, 0.3) is 0 Å². The van der Waals surface area contributed by atoms with E-state index < -0.39 is 0 Å². The first-order valence-corrected chi connectivity index (χ1v) is 7.80. The highest BCUT2D eigenvalue weighted by atomic mass is 16.5. The quantitative estimate of drug-likeness (QED) is 0.803. The fourth-order valence-corrected chi connectivity index (χ4v) is 3.10. The van der Waals surface area contributed by atoms with Gasteiger partial charge in [-0.25, -0.2) is 0 Å². The summed E-state index contributed by atoms with van der Waals surface area (Å²) in [6.45, 7) is 3.09. The van der Waals surface area contributed by atoms with Crippen molar-refractivity contribution in [1.29, 1.82) is 0 Å². The third-order valence-corrected chi connectivity index (χ3v) is 4.48. The summed E-state index contributed by atoms with van der Waals surface area (Å²) in [7, 11) is 1.57. The average Bonchev–Trinajstić information content (AvgIpc) is 2.74. The van der Waals surface area contributed by atoms with Crippen molar-refractivity contribution in [2.24, 2.45) is 5.92 Å². The molecule has 3 nitrogen and oxygen atoms in total. The van der Waals surface area contributed by atoms with E-state index in [0.29, 0.717) is 11.8 Å². The minimum Gasteiger partial charge on any atom is -0.504 e. The molecule has 1 aromatic carbocycles. The average molecular weight is 277 g/mol. The van der Waals surface area contributed by atoms with Crippen molar-refractivity contribution >= 4 is 0 Å². The Morgan fingerprint density at radius 1 is 1.25 bits per heavy atom. The van der Waals surface area contributed by atoms with E-state index in [1.54, 1.807) is 13.2 Å². The van der Waals surface area contributed by atoms with E-state index in [0.717, 1.165) is 18.0 Å². The van der Waals surface area contributed by atoms with Gasteiger partial charge in [0, 0.05) is 12.6 Å². The predicted molar refractivity (Wildman–Crippen MR) is 82.2 cm³/mol. The predicted octanol–water partition coefficient (Wildman–Crippen LogP) is 3.85. The molecule has 1 atom stereocenters. The molecule has 1 fully saturated rings. The van der Waals surface area contributed by atoms with Crippen molar-refractivity contribution < 1.29 is 9.84 Å². The summed E-state index contributed by atoms with van der Waals surface area (Å²) in [5, 5.41) is 13.4. The molecule has 20 heavy (non-hydrogen) atoms. The molecule has 1 saturated carbocycles. The Hall–Kier alpha value is -1.22. The smallest absolute Gasteiger partial charge is 0.160 e. The van der Waals surface area contributed by atoms with Gasteiger partial charge in [0.1, 0.15) is 0 Å². The number of phenols is 1. The number of aromatic hydroxyl groups is 1. The molecule has 112 valence electrons. The van der Waals surface area contributed by atoms with Crippen LogP contribution in [-0.2, 0) is 6.54 Å². The van der Waals surface area contributed by atoms with Crippen LogP contribution in [-0.4, -0.2) is 18.3 Å². The summed E-state index contributed by atoms with van der Waals surface area (Å²) in [6.07, 6.45) is 8.25. The van der Waals surface area contributed by atoms with Crippen LogP contribution in [0.5, 0.6) is 11.5 Å². The number of methoxy groups -OCH3 is 1. The van der Waals surface area contributed by atoms with Crippen LogP contribution < -0.4 is 10.1 Å². The third-order valence-electron chi connectivity index (χ3n) is 4.48. The first-order valence-electron chi connectivity index (χ1n) is 7.80. The molecule has 1 aliphatic rings. The maximum Gasteiger partial charge on any atom is 0.160 e. The first-order chi connectivity index (χ1) is 9.70. The minimum absolute atomic E-state index is 0.217. The van der Waals surface area contributed by atoms with Gasteiger partial charge < -0.3 is 15.2 Å². The summed E-state index contributed by atoms with van der Waals surface area (Å²) in [6, 6.07) is 6.15. The lowest BCUT2D eigenvalue weighted by atomic mass is 9.93. The lowest BCUT2D eigenvalue weighted by molar-refractivity contribution is 0.336. The van der Waals surface area contributed by atoms with E-state index in [1.807, 2.05) is 12.1 Å². The zero-order valence-electron chi connectivity index (χ0n) is 12.7. The molecule has 2 N–H and O–H groups in total. The van der Waals surface area contributed by atoms with Crippen molar-refractivity contribution in [1.82, 2.24) is 5.32 Å². The lowest BCUT2D eigenvalue weighted by Gasteiger charge is -2.23. The number of hydrogen-bond donors (Lipinski definition) is 2.